The van der Waals surface area contributed by atoms with Crippen molar-refractivity contribution in [2.24, 2.45) is 5.41 Å². The SMILES string of the molecule is Cc1cc([N+](=O)[O-])c(C)cc1NC1CCC(C)(C)CC1. The molecule has 2 rings (SSSR count). The van der Waals surface area contributed by atoms with Gasteiger partial charge in [0.25, 0.3) is 5.69 Å². The third-order valence-electron chi connectivity index (χ3n) is 4.44. The normalized spacial score (nSPS) is 18.8. The van der Waals surface area contributed by atoms with E-state index in [9.17, 15) is 10.1 Å². The van der Waals surface area contributed by atoms with Crippen molar-refractivity contribution in [2.45, 2.75) is 59.4 Å². The molecular formula is C16H24N2O2. The van der Waals surface area contributed by atoms with Crippen molar-refractivity contribution < 1.29 is 4.92 Å². The second-order valence-electron chi connectivity index (χ2n) is 6.79. The third kappa shape index (κ3) is 3.30. The number of nitrogens with one attached hydrogen (secondary N) is 1. The molecule has 0 heterocycles. The van der Waals surface area contributed by atoms with E-state index in [0.717, 1.165) is 16.8 Å². The highest BCUT2D eigenvalue weighted by Crippen LogP contribution is 2.37. The van der Waals surface area contributed by atoms with Crippen molar-refractivity contribution in [3.63, 3.8) is 0 Å². The first-order valence-corrected chi connectivity index (χ1v) is 7.31. The fourth-order valence-corrected chi connectivity index (χ4v) is 2.92. The van der Waals surface area contributed by atoms with Crippen LogP contribution in [0.15, 0.2) is 12.1 Å². The van der Waals surface area contributed by atoms with Crippen LogP contribution in [0.25, 0.3) is 0 Å². The van der Waals surface area contributed by atoms with Crippen LogP contribution in [-0.4, -0.2) is 11.0 Å². The Morgan fingerprint density at radius 3 is 2.35 bits per heavy atom. The van der Waals surface area contributed by atoms with Crippen LogP contribution in [0.5, 0.6) is 0 Å². The van der Waals surface area contributed by atoms with Gasteiger partial charge in [-0.05, 0) is 56.6 Å². The lowest BCUT2D eigenvalue weighted by atomic mass is 9.75. The number of aryl methyl sites for hydroxylation is 2. The summed E-state index contributed by atoms with van der Waals surface area (Å²) in [4.78, 5) is 10.6. The summed E-state index contributed by atoms with van der Waals surface area (Å²) in [5.74, 6) is 0. The molecule has 1 saturated carbocycles. The van der Waals surface area contributed by atoms with Crippen LogP contribution >= 0.6 is 0 Å². The molecule has 1 fully saturated rings. The summed E-state index contributed by atoms with van der Waals surface area (Å²) >= 11 is 0. The zero-order valence-electron chi connectivity index (χ0n) is 12.8. The molecule has 0 amide bonds. The van der Waals surface area contributed by atoms with Crippen LogP contribution in [-0.2, 0) is 0 Å². The predicted molar refractivity (Wildman–Crippen MR) is 82.2 cm³/mol. The lowest BCUT2D eigenvalue weighted by Gasteiger charge is -2.35. The molecule has 1 aromatic rings. The van der Waals surface area contributed by atoms with E-state index in [1.54, 1.807) is 13.0 Å². The fourth-order valence-electron chi connectivity index (χ4n) is 2.92. The molecule has 1 N–H and O–H groups in total. The van der Waals surface area contributed by atoms with Crippen LogP contribution in [0.1, 0.15) is 50.7 Å². The minimum atomic E-state index is -0.310. The van der Waals surface area contributed by atoms with Gasteiger partial charge in [-0.15, -0.1) is 0 Å². The molecule has 110 valence electrons. The fraction of sp³-hybridized carbons (Fsp3) is 0.625. The molecule has 0 radical (unpaired) electrons. The molecule has 0 saturated heterocycles. The van der Waals surface area contributed by atoms with Gasteiger partial charge in [0.05, 0.1) is 4.92 Å². The summed E-state index contributed by atoms with van der Waals surface area (Å²) in [6.45, 7) is 8.38. The summed E-state index contributed by atoms with van der Waals surface area (Å²) in [5, 5.41) is 14.5. The maximum absolute atomic E-state index is 10.9. The summed E-state index contributed by atoms with van der Waals surface area (Å²) in [6.07, 6.45) is 4.80. The van der Waals surface area contributed by atoms with Crippen molar-refractivity contribution in [1.82, 2.24) is 0 Å². The molecule has 4 heteroatoms. The van der Waals surface area contributed by atoms with Crippen molar-refractivity contribution in [3.8, 4) is 0 Å². The number of nitro groups is 1. The average molecular weight is 276 g/mol. The Morgan fingerprint density at radius 2 is 1.80 bits per heavy atom. The van der Waals surface area contributed by atoms with E-state index in [1.165, 1.54) is 25.7 Å². The van der Waals surface area contributed by atoms with Gasteiger partial charge in [0.1, 0.15) is 0 Å². The Kier molecular flexibility index (Phi) is 4.02. The number of anilines is 1. The van der Waals surface area contributed by atoms with E-state index in [0.29, 0.717) is 11.5 Å². The maximum atomic E-state index is 10.9. The summed E-state index contributed by atoms with van der Waals surface area (Å²) < 4.78 is 0. The smallest absolute Gasteiger partial charge is 0.272 e. The Labute approximate surface area is 120 Å². The second-order valence-corrected chi connectivity index (χ2v) is 6.79. The van der Waals surface area contributed by atoms with Crippen molar-refractivity contribution in [1.29, 1.82) is 0 Å². The Balaban J connectivity index is 2.11. The number of benzene rings is 1. The number of nitro benzene ring substituents is 1. The number of hydrogen-bond acceptors (Lipinski definition) is 3. The van der Waals surface area contributed by atoms with Crippen LogP contribution in [0, 0.1) is 29.4 Å². The highest BCUT2D eigenvalue weighted by Gasteiger charge is 2.27. The topological polar surface area (TPSA) is 55.2 Å². The molecular weight excluding hydrogens is 252 g/mol. The van der Waals surface area contributed by atoms with E-state index >= 15 is 0 Å². The summed E-state index contributed by atoms with van der Waals surface area (Å²) in [7, 11) is 0. The predicted octanol–water partition coefficient (Wildman–Crippen LogP) is 4.59. The monoisotopic (exact) mass is 276 g/mol. The molecule has 0 atom stereocenters. The lowest BCUT2D eigenvalue weighted by Crippen LogP contribution is -2.30. The minimum absolute atomic E-state index is 0.206. The molecule has 0 unspecified atom stereocenters. The van der Waals surface area contributed by atoms with Crippen molar-refractivity contribution >= 4 is 11.4 Å². The van der Waals surface area contributed by atoms with E-state index in [1.807, 2.05) is 13.0 Å². The molecule has 1 aliphatic rings. The van der Waals surface area contributed by atoms with Gasteiger partial charge in [-0.3, -0.25) is 10.1 Å². The van der Waals surface area contributed by atoms with Gasteiger partial charge in [-0.25, -0.2) is 0 Å². The Bertz CT molecular complexity index is 513. The summed E-state index contributed by atoms with van der Waals surface area (Å²) in [5.41, 5.74) is 3.38. The number of hydrogen-bond donors (Lipinski definition) is 1. The van der Waals surface area contributed by atoms with Crippen LogP contribution < -0.4 is 5.32 Å². The van der Waals surface area contributed by atoms with E-state index in [4.69, 9.17) is 0 Å². The van der Waals surface area contributed by atoms with Gasteiger partial charge >= 0.3 is 0 Å². The van der Waals surface area contributed by atoms with Gasteiger partial charge in [0, 0.05) is 23.4 Å². The first kappa shape index (κ1) is 14.8. The van der Waals surface area contributed by atoms with Gasteiger partial charge < -0.3 is 5.32 Å². The quantitative estimate of drug-likeness (QED) is 0.648. The number of nitrogens with zero attached hydrogens (tertiary/aromatic N) is 1. The van der Waals surface area contributed by atoms with E-state index in [2.05, 4.69) is 19.2 Å². The van der Waals surface area contributed by atoms with E-state index < -0.39 is 0 Å². The van der Waals surface area contributed by atoms with Crippen LogP contribution in [0.4, 0.5) is 11.4 Å². The van der Waals surface area contributed by atoms with Gasteiger partial charge in [0.2, 0.25) is 0 Å². The zero-order chi connectivity index (χ0) is 14.9. The molecule has 0 bridgehead atoms. The Morgan fingerprint density at radius 1 is 1.20 bits per heavy atom. The average Bonchev–Trinajstić information content (AvgIpc) is 2.35. The van der Waals surface area contributed by atoms with Crippen LogP contribution in [0.3, 0.4) is 0 Å². The molecule has 1 aliphatic carbocycles. The van der Waals surface area contributed by atoms with Crippen molar-refractivity contribution in [2.75, 3.05) is 5.32 Å². The first-order chi connectivity index (χ1) is 9.28. The van der Waals surface area contributed by atoms with Gasteiger partial charge in [0.15, 0.2) is 0 Å². The largest absolute Gasteiger partial charge is 0.382 e. The van der Waals surface area contributed by atoms with E-state index in [-0.39, 0.29) is 10.6 Å². The molecule has 4 nitrogen and oxygen atoms in total. The molecule has 0 aliphatic heterocycles. The molecule has 20 heavy (non-hydrogen) atoms. The Hall–Kier alpha value is -1.58. The molecule has 1 aromatic carbocycles. The highest BCUT2D eigenvalue weighted by atomic mass is 16.6. The van der Waals surface area contributed by atoms with Gasteiger partial charge in [-0.2, -0.15) is 0 Å². The number of rotatable bonds is 3. The summed E-state index contributed by atoms with van der Waals surface area (Å²) in [6, 6.07) is 4.07. The second kappa shape index (κ2) is 5.43. The highest BCUT2D eigenvalue weighted by molar-refractivity contribution is 5.59. The first-order valence-electron chi connectivity index (χ1n) is 7.31. The third-order valence-corrected chi connectivity index (χ3v) is 4.44. The molecule has 0 spiro atoms. The maximum Gasteiger partial charge on any atom is 0.272 e. The van der Waals surface area contributed by atoms with Crippen molar-refractivity contribution in [3.05, 3.63) is 33.4 Å². The van der Waals surface area contributed by atoms with Gasteiger partial charge in [-0.1, -0.05) is 13.8 Å². The van der Waals surface area contributed by atoms with Crippen LogP contribution in [0.2, 0.25) is 0 Å². The lowest BCUT2D eigenvalue weighted by molar-refractivity contribution is -0.385. The molecule has 0 aromatic heterocycles. The minimum Gasteiger partial charge on any atom is -0.382 e. The zero-order valence-corrected chi connectivity index (χ0v) is 12.8. The standard InChI is InChI=1S/C16H24N2O2/c1-11-10-15(18(19)20)12(2)9-14(11)17-13-5-7-16(3,4)8-6-13/h9-10,13,17H,5-8H2,1-4H3.